The Morgan fingerprint density at radius 2 is 2.11 bits per heavy atom. The van der Waals surface area contributed by atoms with Crippen molar-refractivity contribution < 1.29 is 14.6 Å². The van der Waals surface area contributed by atoms with Gasteiger partial charge in [0.1, 0.15) is 0 Å². The van der Waals surface area contributed by atoms with Gasteiger partial charge < -0.3 is 14.7 Å². The minimum absolute atomic E-state index is 0.129. The zero-order valence-corrected chi connectivity index (χ0v) is 12.0. The van der Waals surface area contributed by atoms with Crippen LogP contribution in [0.25, 0.3) is 0 Å². The summed E-state index contributed by atoms with van der Waals surface area (Å²) in [7, 11) is 0. The number of ether oxygens (including phenoxy) is 1. The van der Waals surface area contributed by atoms with E-state index in [1.807, 2.05) is 0 Å². The monoisotopic (exact) mass is 269 g/mol. The van der Waals surface area contributed by atoms with Crippen molar-refractivity contribution in [3.63, 3.8) is 0 Å². The number of carbonyl (C=O) groups is 1. The summed E-state index contributed by atoms with van der Waals surface area (Å²) in [5.41, 5.74) is 0. The van der Waals surface area contributed by atoms with Crippen LogP contribution >= 0.6 is 0 Å². The van der Waals surface area contributed by atoms with Crippen LogP contribution in [0.3, 0.4) is 0 Å². The van der Waals surface area contributed by atoms with E-state index >= 15 is 0 Å². The Bertz CT molecular complexity index is 295. The molecule has 2 heterocycles. The van der Waals surface area contributed by atoms with Crippen molar-refractivity contribution in [1.82, 2.24) is 4.90 Å². The fraction of sp³-hybridized carbons (Fsp3) is 0.933. The lowest BCUT2D eigenvalue weighted by atomic mass is 9.96. The van der Waals surface area contributed by atoms with E-state index in [2.05, 4.69) is 11.8 Å². The zero-order valence-electron chi connectivity index (χ0n) is 12.0. The second kappa shape index (κ2) is 7.25. The van der Waals surface area contributed by atoms with E-state index in [0.717, 1.165) is 32.0 Å². The number of carboxylic acid groups (broad SMARTS) is 1. The second-order valence-electron chi connectivity index (χ2n) is 6.05. The average Bonchev–Trinajstić information content (AvgIpc) is 2.73. The van der Waals surface area contributed by atoms with Gasteiger partial charge in [-0.05, 0) is 51.1 Å². The minimum Gasteiger partial charge on any atom is -0.479 e. The molecule has 2 rings (SSSR count). The number of likely N-dealkylation sites (tertiary alicyclic amines) is 1. The Kier molecular flexibility index (Phi) is 5.64. The van der Waals surface area contributed by atoms with Crippen molar-refractivity contribution in [3.8, 4) is 0 Å². The maximum Gasteiger partial charge on any atom is 0.332 e. The van der Waals surface area contributed by atoms with Crippen LogP contribution in [0.1, 0.15) is 51.9 Å². The van der Waals surface area contributed by atoms with Gasteiger partial charge in [0.05, 0.1) is 6.10 Å². The van der Waals surface area contributed by atoms with E-state index < -0.39 is 12.1 Å². The van der Waals surface area contributed by atoms with Crippen LogP contribution in [0.5, 0.6) is 0 Å². The molecule has 0 amide bonds. The fourth-order valence-electron chi connectivity index (χ4n) is 3.41. The molecule has 0 aliphatic carbocycles. The van der Waals surface area contributed by atoms with Crippen LogP contribution in [-0.4, -0.2) is 47.8 Å². The first-order chi connectivity index (χ1) is 9.19. The first kappa shape index (κ1) is 14.8. The van der Waals surface area contributed by atoms with Crippen LogP contribution in [0.15, 0.2) is 0 Å². The molecule has 1 N–H and O–H groups in total. The largest absolute Gasteiger partial charge is 0.479 e. The highest BCUT2D eigenvalue weighted by Gasteiger charge is 2.31. The van der Waals surface area contributed by atoms with Gasteiger partial charge in [0.2, 0.25) is 0 Å². The van der Waals surface area contributed by atoms with E-state index in [9.17, 15) is 4.79 Å². The van der Waals surface area contributed by atoms with E-state index in [0.29, 0.717) is 6.42 Å². The van der Waals surface area contributed by atoms with Crippen molar-refractivity contribution in [3.05, 3.63) is 0 Å². The van der Waals surface area contributed by atoms with Crippen LogP contribution in [0, 0.1) is 5.92 Å². The predicted molar refractivity (Wildman–Crippen MR) is 74.2 cm³/mol. The van der Waals surface area contributed by atoms with Crippen molar-refractivity contribution in [2.75, 3.05) is 19.6 Å². The van der Waals surface area contributed by atoms with Crippen LogP contribution < -0.4 is 0 Å². The maximum atomic E-state index is 10.9. The molecule has 2 fully saturated rings. The normalized spacial score (nSPS) is 33.2. The summed E-state index contributed by atoms with van der Waals surface area (Å²) < 4.78 is 5.60. The third-order valence-electron chi connectivity index (χ3n) is 4.48. The number of hydrogen-bond acceptors (Lipinski definition) is 3. The zero-order chi connectivity index (χ0) is 13.7. The van der Waals surface area contributed by atoms with Crippen LogP contribution in [0.4, 0.5) is 0 Å². The Labute approximate surface area is 116 Å². The molecule has 0 aromatic heterocycles. The van der Waals surface area contributed by atoms with Crippen molar-refractivity contribution in [2.45, 2.75) is 64.1 Å². The molecular weight excluding hydrogens is 242 g/mol. The van der Waals surface area contributed by atoms with Gasteiger partial charge in [-0.2, -0.15) is 0 Å². The van der Waals surface area contributed by atoms with Crippen LogP contribution in [-0.2, 0) is 9.53 Å². The lowest BCUT2D eigenvalue weighted by Crippen LogP contribution is -2.34. The number of rotatable bonds is 5. The summed E-state index contributed by atoms with van der Waals surface area (Å²) in [6.07, 6.45) is 7.70. The number of hydrogen-bond donors (Lipinski definition) is 1. The Balaban J connectivity index is 1.73. The summed E-state index contributed by atoms with van der Waals surface area (Å²) in [6, 6.07) is 0. The molecule has 4 nitrogen and oxygen atoms in total. The summed E-state index contributed by atoms with van der Waals surface area (Å²) in [4.78, 5) is 13.3. The average molecular weight is 269 g/mol. The highest BCUT2D eigenvalue weighted by molar-refractivity contribution is 5.72. The standard InChI is InChI=1S/C15H27NO3/c1-2-4-12-5-3-9-16(10-8-12)11-13-6-7-14(19-13)15(17)18/h12-14H,2-11H2,1H3,(H,17,18). The van der Waals surface area contributed by atoms with Gasteiger partial charge in [0.15, 0.2) is 6.10 Å². The third kappa shape index (κ3) is 4.46. The van der Waals surface area contributed by atoms with Gasteiger partial charge >= 0.3 is 5.97 Å². The molecule has 3 atom stereocenters. The first-order valence-corrected chi connectivity index (χ1v) is 7.79. The smallest absolute Gasteiger partial charge is 0.332 e. The summed E-state index contributed by atoms with van der Waals surface area (Å²) in [6.45, 7) is 5.49. The van der Waals surface area contributed by atoms with Gasteiger partial charge in [-0.3, -0.25) is 0 Å². The second-order valence-corrected chi connectivity index (χ2v) is 6.05. The maximum absolute atomic E-state index is 10.9. The lowest BCUT2D eigenvalue weighted by molar-refractivity contribution is -0.149. The number of nitrogens with zero attached hydrogens (tertiary/aromatic N) is 1. The Morgan fingerprint density at radius 3 is 2.79 bits per heavy atom. The molecule has 2 aliphatic rings. The fourth-order valence-corrected chi connectivity index (χ4v) is 3.41. The summed E-state index contributed by atoms with van der Waals surface area (Å²) in [5, 5.41) is 8.94. The van der Waals surface area contributed by atoms with Crippen molar-refractivity contribution in [2.24, 2.45) is 5.92 Å². The highest BCUT2D eigenvalue weighted by atomic mass is 16.5. The molecule has 4 heteroatoms. The molecule has 0 spiro atoms. The van der Waals surface area contributed by atoms with Gasteiger partial charge in [-0.1, -0.05) is 19.8 Å². The van der Waals surface area contributed by atoms with E-state index in [4.69, 9.17) is 9.84 Å². The predicted octanol–water partition coefficient (Wildman–Crippen LogP) is 2.52. The summed E-state index contributed by atoms with van der Waals surface area (Å²) >= 11 is 0. The highest BCUT2D eigenvalue weighted by Crippen LogP contribution is 2.25. The van der Waals surface area contributed by atoms with Gasteiger partial charge in [0, 0.05) is 6.54 Å². The first-order valence-electron chi connectivity index (χ1n) is 7.79. The molecule has 0 bridgehead atoms. The molecule has 110 valence electrons. The molecule has 0 radical (unpaired) electrons. The molecule has 19 heavy (non-hydrogen) atoms. The molecular formula is C15H27NO3. The van der Waals surface area contributed by atoms with E-state index in [1.54, 1.807) is 0 Å². The molecule has 0 saturated carbocycles. The summed E-state index contributed by atoms with van der Waals surface area (Å²) in [5.74, 6) is 0.0904. The van der Waals surface area contributed by atoms with Gasteiger partial charge in [0.25, 0.3) is 0 Å². The topological polar surface area (TPSA) is 49.8 Å². The number of aliphatic carboxylic acids is 1. The number of carboxylic acids is 1. The lowest BCUT2D eigenvalue weighted by Gasteiger charge is -2.23. The Morgan fingerprint density at radius 1 is 1.26 bits per heavy atom. The van der Waals surface area contributed by atoms with Crippen molar-refractivity contribution >= 4 is 5.97 Å². The van der Waals surface area contributed by atoms with Crippen molar-refractivity contribution in [1.29, 1.82) is 0 Å². The third-order valence-corrected chi connectivity index (χ3v) is 4.48. The quantitative estimate of drug-likeness (QED) is 0.833. The molecule has 0 aromatic carbocycles. The van der Waals surface area contributed by atoms with E-state index in [-0.39, 0.29) is 6.10 Å². The SMILES string of the molecule is CCCC1CCCN(CC2CCC(C(=O)O)O2)CC1. The molecule has 0 aromatic rings. The van der Waals surface area contributed by atoms with Crippen LogP contribution in [0.2, 0.25) is 0 Å². The minimum atomic E-state index is -0.804. The Hall–Kier alpha value is -0.610. The molecule has 2 saturated heterocycles. The van der Waals surface area contributed by atoms with Gasteiger partial charge in [-0.15, -0.1) is 0 Å². The van der Waals surface area contributed by atoms with E-state index in [1.165, 1.54) is 32.1 Å². The molecule has 3 unspecified atom stereocenters. The van der Waals surface area contributed by atoms with Gasteiger partial charge in [-0.25, -0.2) is 4.79 Å². The molecule has 2 aliphatic heterocycles.